The predicted octanol–water partition coefficient (Wildman–Crippen LogP) is 4.93. The van der Waals surface area contributed by atoms with Gasteiger partial charge in [0.25, 0.3) is 5.91 Å². The molecule has 0 aliphatic carbocycles. The van der Waals surface area contributed by atoms with E-state index >= 15 is 0 Å². The van der Waals surface area contributed by atoms with E-state index in [9.17, 15) is 4.79 Å². The first kappa shape index (κ1) is 21.0. The lowest BCUT2D eigenvalue weighted by molar-refractivity contribution is 0.102. The Bertz CT molecular complexity index is 985. The van der Waals surface area contributed by atoms with Gasteiger partial charge in [-0.15, -0.1) is 0 Å². The zero-order valence-electron chi connectivity index (χ0n) is 17.3. The highest BCUT2D eigenvalue weighted by Crippen LogP contribution is 2.25. The van der Waals surface area contributed by atoms with Crippen molar-refractivity contribution in [3.05, 3.63) is 77.9 Å². The minimum atomic E-state index is -0.225. The summed E-state index contributed by atoms with van der Waals surface area (Å²) in [6.07, 6.45) is 0. The van der Waals surface area contributed by atoms with Gasteiger partial charge in [-0.3, -0.25) is 4.79 Å². The molecule has 0 aliphatic heterocycles. The van der Waals surface area contributed by atoms with Gasteiger partial charge in [-0.2, -0.15) is 0 Å². The molecule has 0 fully saturated rings. The summed E-state index contributed by atoms with van der Waals surface area (Å²) in [7, 11) is 3.20. The zero-order chi connectivity index (χ0) is 21.3. The van der Waals surface area contributed by atoms with Crippen LogP contribution in [0.2, 0.25) is 0 Å². The molecule has 3 rings (SSSR count). The number of hydrogen-bond donors (Lipinski definition) is 1. The first-order valence-corrected chi connectivity index (χ1v) is 9.61. The molecule has 1 N–H and O–H groups in total. The lowest BCUT2D eigenvalue weighted by Crippen LogP contribution is -2.13. The Kier molecular flexibility index (Phi) is 7.16. The van der Waals surface area contributed by atoms with Crippen molar-refractivity contribution in [2.45, 2.75) is 13.5 Å². The zero-order valence-corrected chi connectivity index (χ0v) is 17.3. The Morgan fingerprint density at radius 2 is 1.57 bits per heavy atom. The molecule has 0 saturated carbocycles. The predicted molar refractivity (Wildman–Crippen MR) is 116 cm³/mol. The van der Waals surface area contributed by atoms with Crippen molar-refractivity contribution >= 4 is 11.6 Å². The molecule has 3 aromatic carbocycles. The summed E-state index contributed by atoms with van der Waals surface area (Å²) in [6.45, 7) is 2.70. The Balaban J connectivity index is 1.76. The lowest BCUT2D eigenvalue weighted by Gasteiger charge is -2.14. The average Bonchev–Trinajstić information content (AvgIpc) is 2.79. The van der Waals surface area contributed by atoms with Gasteiger partial charge in [0.1, 0.15) is 29.6 Å². The second-order valence-electron chi connectivity index (χ2n) is 6.41. The molecule has 0 spiro atoms. The smallest absolute Gasteiger partial charge is 0.255 e. The molecular weight excluding hydrogens is 382 g/mol. The van der Waals surface area contributed by atoms with Crippen LogP contribution >= 0.6 is 0 Å². The topological polar surface area (TPSA) is 66.0 Å². The molecule has 0 bridgehead atoms. The van der Waals surface area contributed by atoms with Gasteiger partial charge in [0.2, 0.25) is 0 Å². The maximum atomic E-state index is 12.7. The molecule has 30 heavy (non-hydrogen) atoms. The van der Waals surface area contributed by atoms with Gasteiger partial charge in [-0.1, -0.05) is 6.07 Å². The minimum absolute atomic E-state index is 0.225. The Labute approximate surface area is 176 Å². The van der Waals surface area contributed by atoms with Crippen molar-refractivity contribution in [2.24, 2.45) is 0 Å². The molecule has 0 unspecified atom stereocenters. The number of carbonyl (C=O) groups is 1. The van der Waals surface area contributed by atoms with Crippen LogP contribution in [-0.2, 0) is 6.61 Å². The number of carbonyl (C=O) groups excluding carboxylic acids is 1. The highest BCUT2D eigenvalue weighted by atomic mass is 16.5. The summed E-state index contributed by atoms with van der Waals surface area (Å²) in [5.41, 5.74) is 1.95. The van der Waals surface area contributed by atoms with Gasteiger partial charge >= 0.3 is 0 Å². The SMILES string of the molecule is CCOc1ccc(C(=O)Nc2cccc(OC)c2)cc1COc1ccc(OC)cc1. The maximum absolute atomic E-state index is 12.7. The van der Waals surface area contributed by atoms with Gasteiger partial charge < -0.3 is 24.3 Å². The summed E-state index contributed by atoms with van der Waals surface area (Å²) in [5.74, 6) is 2.59. The highest BCUT2D eigenvalue weighted by Gasteiger charge is 2.12. The van der Waals surface area contributed by atoms with Gasteiger partial charge in [0.15, 0.2) is 0 Å². The lowest BCUT2D eigenvalue weighted by atomic mass is 10.1. The average molecular weight is 407 g/mol. The first-order chi connectivity index (χ1) is 14.6. The quantitative estimate of drug-likeness (QED) is 0.545. The van der Waals surface area contributed by atoms with E-state index in [2.05, 4.69) is 5.32 Å². The van der Waals surface area contributed by atoms with Crippen LogP contribution in [0.25, 0.3) is 0 Å². The number of rotatable bonds is 9. The third-order valence-corrected chi connectivity index (χ3v) is 4.40. The number of hydrogen-bond acceptors (Lipinski definition) is 5. The summed E-state index contributed by atoms with van der Waals surface area (Å²) in [5, 5.41) is 2.88. The number of anilines is 1. The Hall–Kier alpha value is -3.67. The second-order valence-corrected chi connectivity index (χ2v) is 6.41. The van der Waals surface area contributed by atoms with Crippen molar-refractivity contribution in [2.75, 3.05) is 26.1 Å². The fraction of sp³-hybridized carbons (Fsp3) is 0.208. The molecule has 6 heteroatoms. The van der Waals surface area contributed by atoms with Gasteiger partial charge in [-0.05, 0) is 61.5 Å². The molecule has 0 aliphatic rings. The summed E-state index contributed by atoms with van der Waals surface area (Å²) in [4.78, 5) is 12.7. The number of methoxy groups -OCH3 is 2. The van der Waals surface area contributed by atoms with Crippen molar-refractivity contribution in [1.29, 1.82) is 0 Å². The maximum Gasteiger partial charge on any atom is 0.255 e. The monoisotopic (exact) mass is 407 g/mol. The van der Waals surface area contributed by atoms with Crippen LogP contribution in [-0.4, -0.2) is 26.7 Å². The van der Waals surface area contributed by atoms with Crippen molar-refractivity contribution < 1.29 is 23.7 Å². The van der Waals surface area contributed by atoms with E-state index in [1.807, 2.05) is 49.4 Å². The van der Waals surface area contributed by atoms with Crippen LogP contribution in [0.5, 0.6) is 23.0 Å². The van der Waals surface area contributed by atoms with Crippen LogP contribution in [0.3, 0.4) is 0 Å². The van der Waals surface area contributed by atoms with E-state index in [1.165, 1.54) is 0 Å². The summed E-state index contributed by atoms with van der Waals surface area (Å²) in [6, 6.07) is 19.8. The van der Waals surface area contributed by atoms with E-state index in [4.69, 9.17) is 18.9 Å². The standard InChI is InChI=1S/C24H25NO5/c1-4-29-23-13-8-17(24(26)25-19-6-5-7-22(15-19)28-3)14-18(23)16-30-21-11-9-20(27-2)10-12-21/h5-15H,4,16H2,1-3H3,(H,25,26). The third-order valence-electron chi connectivity index (χ3n) is 4.40. The van der Waals surface area contributed by atoms with Gasteiger partial charge in [0, 0.05) is 22.9 Å². The third kappa shape index (κ3) is 5.44. The van der Waals surface area contributed by atoms with Crippen molar-refractivity contribution in [1.82, 2.24) is 0 Å². The molecule has 0 radical (unpaired) electrons. The number of nitrogens with one attached hydrogen (secondary N) is 1. The van der Waals surface area contributed by atoms with Gasteiger partial charge in [0.05, 0.1) is 20.8 Å². The molecular formula is C24H25NO5. The molecule has 0 saturated heterocycles. The van der Waals surface area contributed by atoms with Gasteiger partial charge in [-0.25, -0.2) is 0 Å². The summed E-state index contributed by atoms with van der Waals surface area (Å²) >= 11 is 0. The van der Waals surface area contributed by atoms with E-state index < -0.39 is 0 Å². The largest absolute Gasteiger partial charge is 0.497 e. The molecule has 0 aromatic heterocycles. The van der Waals surface area contributed by atoms with E-state index in [0.717, 1.165) is 11.3 Å². The Morgan fingerprint density at radius 3 is 2.27 bits per heavy atom. The number of amides is 1. The Morgan fingerprint density at radius 1 is 0.833 bits per heavy atom. The van der Waals surface area contributed by atoms with Crippen LogP contribution in [0.15, 0.2) is 66.7 Å². The fourth-order valence-electron chi connectivity index (χ4n) is 2.87. The molecule has 6 nitrogen and oxygen atoms in total. The van der Waals surface area contributed by atoms with Crippen LogP contribution in [0, 0.1) is 0 Å². The van der Waals surface area contributed by atoms with E-state index in [1.54, 1.807) is 38.5 Å². The van der Waals surface area contributed by atoms with Crippen molar-refractivity contribution in [3.63, 3.8) is 0 Å². The molecule has 156 valence electrons. The van der Waals surface area contributed by atoms with E-state index in [-0.39, 0.29) is 12.5 Å². The number of ether oxygens (including phenoxy) is 4. The second kappa shape index (κ2) is 10.2. The molecule has 1 amide bonds. The number of benzene rings is 3. The van der Waals surface area contributed by atoms with Crippen LogP contribution in [0.1, 0.15) is 22.8 Å². The molecule has 0 atom stereocenters. The van der Waals surface area contributed by atoms with Crippen LogP contribution in [0.4, 0.5) is 5.69 Å². The van der Waals surface area contributed by atoms with E-state index in [0.29, 0.717) is 35.1 Å². The highest BCUT2D eigenvalue weighted by molar-refractivity contribution is 6.04. The molecule has 3 aromatic rings. The minimum Gasteiger partial charge on any atom is -0.497 e. The fourth-order valence-corrected chi connectivity index (χ4v) is 2.87. The normalized spacial score (nSPS) is 10.2. The summed E-state index contributed by atoms with van der Waals surface area (Å²) < 4.78 is 21.9. The molecule has 0 heterocycles. The van der Waals surface area contributed by atoms with Crippen LogP contribution < -0.4 is 24.3 Å². The van der Waals surface area contributed by atoms with Crippen molar-refractivity contribution in [3.8, 4) is 23.0 Å². The first-order valence-electron chi connectivity index (χ1n) is 9.61.